The lowest BCUT2D eigenvalue weighted by Crippen LogP contribution is -2.46. The van der Waals surface area contributed by atoms with Crippen molar-refractivity contribution in [2.45, 2.75) is 38.1 Å². The topological polar surface area (TPSA) is 144 Å². The first-order valence-electron chi connectivity index (χ1n) is 6.19. The fourth-order valence-electron chi connectivity index (χ4n) is 2.31. The minimum atomic E-state index is -0.962. The monoisotopic (exact) mass is 281 g/mol. The van der Waals surface area contributed by atoms with Crippen molar-refractivity contribution in [2.75, 3.05) is 11.1 Å². The van der Waals surface area contributed by atoms with Crippen molar-refractivity contribution in [1.29, 1.82) is 0 Å². The third-order valence-corrected chi connectivity index (χ3v) is 3.44. The first-order valence-corrected chi connectivity index (χ1v) is 6.19. The van der Waals surface area contributed by atoms with Crippen molar-refractivity contribution in [1.82, 2.24) is 9.97 Å². The summed E-state index contributed by atoms with van der Waals surface area (Å²) in [6.07, 6.45) is 2.54. The second-order valence-corrected chi connectivity index (χ2v) is 4.99. The molecular formula is C11H15N5O4. The minimum absolute atomic E-state index is 0.0568. The van der Waals surface area contributed by atoms with Crippen molar-refractivity contribution in [3.8, 4) is 0 Å². The maximum atomic E-state index is 12.0. The van der Waals surface area contributed by atoms with E-state index >= 15 is 0 Å². The molecule has 9 heteroatoms. The van der Waals surface area contributed by atoms with Crippen LogP contribution in [-0.4, -0.2) is 26.2 Å². The van der Waals surface area contributed by atoms with E-state index in [1.54, 1.807) is 6.92 Å². The van der Waals surface area contributed by atoms with Crippen LogP contribution in [0.5, 0.6) is 0 Å². The fraction of sp³-hybridized carbons (Fsp3) is 0.545. The van der Waals surface area contributed by atoms with Gasteiger partial charge in [-0.25, -0.2) is 0 Å². The number of rotatable bonds is 3. The van der Waals surface area contributed by atoms with Crippen LogP contribution in [0.4, 0.5) is 17.5 Å². The number of Topliss-reactive ketones (excluding diaryl/α,β-unsaturated/α-hetero) is 1. The van der Waals surface area contributed by atoms with Gasteiger partial charge in [-0.2, -0.15) is 4.98 Å². The molecule has 1 heterocycles. The molecule has 1 aromatic rings. The molecule has 0 saturated heterocycles. The number of nitrogen functional groups attached to an aromatic ring is 1. The zero-order chi connectivity index (χ0) is 14.9. The number of hydrogen-bond acceptors (Lipinski definition) is 7. The van der Waals surface area contributed by atoms with Crippen LogP contribution in [0.15, 0.2) is 4.79 Å². The van der Waals surface area contributed by atoms with Crippen molar-refractivity contribution in [3.63, 3.8) is 0 Å². The van der Waals surface area contributed by atoms with Crippen LogP contribution in [-0.2, 0) is 4.79 Å². The molecule has 1 unspecified atom stereocenters. The van der Waals surface area contributed by atoms with Gasteiger partial charge in [0.1, 0.15) is 0 Å². The van der Waals surface area contributed by atoms with E-state index in [1.807, 2.05) is 0 Å². The first kappa shape index (κ1) is 14.0. The van der Waals surface area contributed by atoms with Gasteiger partial charge in [0.2, 0.25) is 11.8 Å². The van der Waals surface area contributed by atoms with Crippen LogP contribution in [0, 0.1) is 10.1 Å². The Morgan fingerprint density at radius 2 is 2.15 bits per heavy atom. The molecule has 0 radical (unpaired) electrons. The molecule has 0 aromatic carbocycles. The molecule has 1 fully saturated rings. The number of nitrogens with zero attached hydrogens (tertiary/aromatic N) is 2. The molecule has 9 nitrogen and oxygen atoms in total. The van der Waals surface area contributed by atoms with Crippen molar-refractivity contribution in [2.24, 2.45) is 0 Å². The third-order valence-electron chi connectivity index (χ3n) is 3.44. The van der Waals surface area contributed by atoms with Gasteiger partial charge < -0.3 is 11.1 Å². The molecule has 20 heavy (non-hydrogen) atoms. The normalized spacial score (nSPS) is 22.6. The summed E-state index contributed by atoms with van der Waals surface area (Å²) < 4.78 is 0. The van der Waals surface area contributed by atoms with E-state index in [-0.39, 0.29) is 17.5 Å². The molecule has 1 saturated carbocycles. The molecular weight excluding hydrogens is 266 g/mol. The van der Waals surface area contributed by atoms with Gasteiger partial charge in [-0.1, -0.05) is 6.42 Å². The van der Waals surface area contributed by atoms with Crippen molar-refractivity contribution < 1.29 is 9.72 Å². The number of anilines is 2. The predicted octanol–water partition coefficient (Wildman–Crippen LogP) is 0.574. The zero-order valence-electron chi connectivity index (χ0n) is 10.9. The fourth-order valence-corrected chi connectivity index (χ4v) is 2.31. The highest BCUT2D eigenvalue weighted by molar-refractivity contribution is 5.91. The highest BCUT2D eigenvalue weighted by Gasteiger charge is 2.37. The number of aromatic amines is 1. The SMILES string of the molecule is CC1(Nc2nc(N)[nH]c(=O)c2[N+](=O)[O-])CCCCC1=O. The van der Waals surface area contributed by atoms with Gasteiger partial charge in [-0.05, 0) is 19.8 Å². The predicted molar refractivity (Wildman–Crippen MR) is 71.4 cm³/mol. The van der Waals surface area contributed by atoms with Crippen molar-refractivity contribution in [3.05, 3.63) is 20.5 Å². The van der Waals surface area contributed by atoms with Crippen LogP contribution in [0.3, 0.4) is 0 Å². The quantitative estimate of drug-likeness (QED) is 0.542. The van der Waals surface area contributed by atoms with Crippen LogP contribution < -0.4 is 16.6 Å². The molecule has 1 aliphatic carbocycles. The summed E-state index contributed by atoms with van der Waals surface area (Å²) in [7, 11) is 0. The Kier molecular flexibility index (Phi) is 3.43. The Bertz CT molecular complexity index is 626. The molecule has 1 atom stereocenters. The number of hydrogen-bond donors (Lipinski definition) is 3. The highest BCUT2D eigenvalue weighted by Crippen LogP contribution is 2.30. The second-order valence-electron chi connectivity index (χ2n) is 4.99. The van der Waals surface area contributed by atoms with Gasteiger partial charge in [-0.3, -0.25) is 24.7 Å². The summed E-state index contributed by atoms with van der Waals surface area (Å²) >= 11 is 0. The number of nitrogens with two attached hydrogens (primary N) is 1. The molecule has 2 rings (SSSR count). The maximum absolute atomic E-state index is 12.0. The van der Waals surface area contributed by atoms with E-state index in [9.17, 15) is 19.7 Å². The number of nitrogens with one attached hydrogen (secondary N) is 2. The standard InChI is InChI=1S/C11H15N5O4/c1-11(5-3-2-4-6(11)17)15-8-7(16(19)20)9(18)14-10(12)13-8/h2-5H2,1H3,(H4,12,13,14,15,18). The lowest BCUT2D eigenvalue weighted by molar-refractivity contribution is -0.385. The summed E-state index contributed by atoms with van der Waals surface area (Å²) in [5.74, 6) is -0.567. The van der Waals surface area contributed by atoms with E-state index in [0.29, 0.717) is 12.8 Å². The maximum Gasteiger partial charge on any atom is 0.375 e. The minimum Gasteiger partial charge on any atom is -0.369 e. The number of carbonyl (C=O) groups excluding carboxylic acids is 1. The molecule has 0 bridgehead atoms. The summed E-state index contributed by atoms with van der Waals surface area (Å²) in [6, 6.07) is 0. The third kappa shape index (κ3) is 2.46. The average Bonchev–Trinajstić information content (AvgIpc) is 2.31. The van der Waals surface area contributed by atoms with Gasteiger partial charge in [0.25, 0.3) is 0 Å². The van der Waals surface area contributed by atoms with E-state index in [4.69, 9.17) is 5.73 Å². The largest absolute Gasteiger partial charge is 0.375 e. The smallest absolute Gasteiger partial charge is 0.369 e. The average molecular weight is 281 g/mol. The summed E-state index contributed by atoms with van der Waals surface area (Å²) in [4.78, 5) is 39.5. The van der Waals surface area contributed by atoms with Gasteiger partial charge in [0, 0.05) is 6.42 Å². The van der Waals surface area contributed by atoms with E-state index in [1.165, 1.54) is 0 Å². The summed E-state index contributed by atoms with van der Waals surface area (Å²) in [6.45, 7) is 1.65. The lowest BCUT2D eigenvalue weighted by Gasteiger charge is -2.33. The van der Waals surface area contributed by atoms with Crippen LogP contribution in [0.25, 0.3) is 0 Å². The lowest BCUT2D eigenvalue weighted by atomic mass is 9.82. The van der Waals surface area contributed by atoms with Crippen LogP contribution >= 0.6 is 0 Å². The number of nitro groups is 1. The zero-order valence-corrected chi connectivity index (χ0v) is 10.9. The molecule has 0 aliphatic heterocycles. The molecule has 1 aliphatic rings. The molecule has 0 spiro atoms. The summed E-state index contributed by atoms with van der Waals surface area (Å²) in [5, 5.41) is 13.7. The Morgan fingerprint density at radius 1 is 1.45 bits per heavy atom. The Hall–Kier alpha value is -2.45. The molecule has 0 amide bonds. The number of aromatic nitrogens is 2. The number of H-pyrrole nitrogens is 1. The van der Waals surface area contributed by atoms with Gasteiger partial charge in [0.05, 0.1) is 10.5 Å². The highest BCUT2D eigenvalue weighted by atomic mass is 16.6. The van der Waals surface area contributed by atoms with Gasteiger partial charge in [0.15, 0.2) is 5.78 Å². The first-order chi connectivity index (χ1) is 9.33. The number of carbonyl (C=O) groups is 1. The molecule has 1 aromatic heterocycles. The second kappa shape index (κ2) is 4.91. The Balaban J connectivity index is 2.45. The van der Waals surface area contributed by atoms with Gasteiger partial charge >= 0.3 is 11.2 Å². The van der Waals surface area contributed by atoms with Crippen molar-refractivity contribution >= 4 is 23.2 Å². The van der Waals surface area contributed by atoms with Crippen LogP contribution in [0.1, 0.15) is 32.6 Å². The van der Waals surface area contributed by atoms with E-state index in [0.717, 1.165) is 12.8 Å². The summed E-state index contributed by atoms with van der Waals surface area (Å²) in [5.41, 5.74) is 2.75. The Labute approximate surface area is 113 Å². The molecule has 108 valence electrons. The van der Waals surface area contributed by atoms with E-state index in [2.05, 4.69) is 15.3 Å². The van der Waals surface area contributed by atoms with E-state index < -0.39 is 21.7 Å². The van der Waals surface area contributed by atoms with Crippen LogP contribution in [0.2, 0.25) is 0 Å². The van der Waals surface area contributed by atoms with Gasteiger partial charge in [-0.15, -0.1) is 0 Å². The Morgan fingerprint density at radius 3 is 2.75 bits per heavy atom. The number of ketones is 1. The molecule has 4 N–H and O–H groups in total.